The molecule has 0 spiro atoms. The highest BCUT2D eigenvalue weighted by Crippen LogP contribution is 2.12. The van der Waals surface area contributed by atoms with E-state index in [1.807, 2.05) is 0 Å². The van der Waals surface area contributed by atoms with Crippen LogP contribution in [-0.2, 0) is 19.9 Å². The highest BCUT2D eigenvalue weighted by atomic mass is 19.1. The van der Waals surface area contributed by atoms with E-state index in [-0.39, 0.29) is 6.04 Å². The van der Waals surface area contributed by atoms with Crippen LogP contribution in [0.1, 0.15) is 11.4 Å². The summed E-state index contributed by atoms with van der Waals surface area (Å²) in [5, 5.41) is 11.6. The molecular formula is C11H14F2N6. The lowest BCUT2D eigenvalue weighted by Crippen LogP contribution is -2.39. The fourth-order valence-electron chi connectivity index (χ4n) is 1.77. The van der Waals surface area contributed by atoms with Crippen molar-refractivity contribution < 1.29 is 8.78 Å². The van der Waals surface area contributed by atoms with Crippen molar-refractivity contribution in [3.63, 3.8) is 0 Å². The number of nitrogens with two attached hydrogens (primary N) is 1. The monoisotopic (exact) mass is 268 g/mol. The van der Waals surface area contributed by atoms with E-state index in [4.69, 9.17) is 5.84 Å². The predicted molar refractivity (Wildman–Crippen MR) is 63.7 cm³/mol. The molecule has 8 heteroatoms. The van der Waals surface area contributed by atoms with Crippen LogP contribution < -0.4 is 11.3 Å². The van der Waals surface area contributed by atoms with Crippen molar-refractivity contribution in [1.29, 1.82) is 0 Å². The quantitative estimate of drug-likeness (QED) is 0.594. The number of tetrazole rings is 1. The highest BCUT2D eigenvalue weighted by Gasteiger charge is 2.15. The molecule has 0 amide bonds. The number of hydrogen-bond acceptors (Lipinski definition) is 5. The number of nitrogens with one attached hydrogen (secondary N) is 1. The van der Waals surface area contributed by atoms with Crippen molar-refractivity contribution in [3.8, 4) is 0 Å². The molecule has 0 bridgehead atoms. The summed E-state index contributed by atoms with van der Waals surface area (Å²) in [6.07, 6.45) is 0.710. The largest absolute Gasteiger partial charge is 0.271 e. The third kappa shape index (κ3) is 3.52. The van der Waals surface area contributed by atoms with Crippen molar-refractivity contribution in [2.75, 3.05) is 0 Å². The maximum absolute atomic E-state index is 13.5. The molecule has 19 heavy (non-hydrogen) atoms. The van der Waals surface area contributed by atoms with E-state index in [9.17, 15) is 8.78 Å². The number of nitrogens with zero attached hydrogens (tertiary/aromatic N) is 4. The standard InChI is InChI=1S/C11H14F2N6/c1-19-17-11(16-18-19)6-9(15-14)4-7-2-3-8(12)5-10(7)13/h2-3,5,9,15H,4,6,14H2,1H3. The molecule has 0 saturated heterocycles. The van der Waals surface area contributed by atoms with Crippen molar-refractivity contribution in [2.45, 2.75) is 18.9 Å². The minimum absolute atomic E-state index is 0.260. The molecule has 1 aromatic carbocycles. The van der Waals surface area contributed by atoms with E-state index in [1.165, 1.54) is 16.9 Å². The zero-order chi connectivity index (χ0) is 13.8. The summed E-state index contributed by atoms with van der Waals surface area (Å²) in [4.78, 5) is 1.33. The second-order valence-corrected chi connectivity index (χ2v) is 4.20. The highest BCUT2D eigenvalue weighted by molar-refractivity contribution is 5.19. The fourth-order valence-corrected chi connectivity index (χ4v) is 1.77. The van der Waals surface area contributed by atoms with Gasteiger partial charge >= 0.3 is 0 Å². The van der Waals surface area contributed by atoms with E-state index in [0.29, 0.717) is 24.2 Å². The van der Waals surface area contributed by atoms with Gasteiger partial charge in [0.25, 0.3) is 0 Å². The van der Waals surface area contributed by atoms with Gasteiger partial charge in [-0.1, -0.05) is 6.07 Å². The molecule has 0 fully saturated rings. The van der Waals surface area contributed by atoms with Gasteiger partial charge in [0.1, 0.15) is 11.6 Å². The van der Waals surface area contributed by atoms with Gasteiger partial charge in [-0.3, -0.25) is 11.3 Å². The number of aryl methyl sites for hydroxylation is 1. The Morgan fingerprint density at radius 2 is 2.16 bits per heavy atom. The summed E-state index contributed by atoms with van der Waals surface area (Å²) in [7, 11) is 1.65. The number of rotatable bonds is 5. The molecule has 2 aromatic rings. The number of halogens is 2. The van der Waals surface area contributed by atoms with Crippen LogP contribution in [0, 0.1) is 11.6 Å². The lowest BCUT2D eigenvalue weighted by Gasteiger charge is -2.14. The molecule has 1 aromatic heterocycles. The number of benzene rings is 1. The van der Waals surface area contributed by atoms with Gasteiger partial charge in [0, 0.05) is 18.5 Å². The Morgan fingerprint density at radius 1 is 1.37 bits per heavy atom. The Morgan fingerprint density at radius 3 is 2.74 bits per heavy atom. The average molecular weight is 268 g/mol. The summed E-state index contributed by atoms with van der Waals surface area (Å²) in [6.45, 7) is 0. The Bertz CT molecular complexity index is 556. The zero-order valence-electron chi connectivity index (χ0n) is 10.3. The number of hydrogen-bond donors (Lipinski definition) is 2. The Labute approximate surface area is 108 Å². The Kier molecular flexibility index (Phi) is 4.13. The second-order valence-electron chi connectivity index (χ2n) is 4.20. The molecule has 0 radical (unpaired) electrons. The van der Waals surface area contributed by atoms with Crippen LogP contribution in [0.5, 0.6) is 0 Å². The number of hydrazine groups is 1. The molecule has 6 nitrogen and oxygen atoms in total. The van der Waals surface area contributed by atoms with Crippen molar-refractivity contribution in [3.05, 3.63) is 41.2 Å². The van der Waals surface area contributed by atoms with Crippen LogP contribution in [0.15, 0.2) is 18.2 Å². The molecule has 2 rings (SSSR count). The minimum Gasteiger partial charge on any atom is -0.271 e. The van der Waals surface area contributed by atoms with Gasteiger partial charge < -0.3 is 0 Å². The molecule has 102 valence electrons. The van der Waals surface area contributed by atoms with Gasteiger partial charge in [0.05, 0.1) is 7.05 Å². The number of aromatic nitrogens is 4. The van der Waals surface area contributed by atoms with Crippen molar-refractivity contribution in [1.82, 2.24) is 25.6 Å². The summed E-state index contributed by atoms with van der Waals surface area (Å²) < 4.78 is 26.3. The van der Waals surface area contributed by atoms with Gasteiger partial charge in [-0.15, -0.1) is 10.2 Å². The van der Waals surface area contributed by atoms with Crippen LogP contribution in [0.2, 0.25) is 0 Å². The predicted octanol–water partition coefficient (Wildman–Crippen LogP) is 0.105. The van der Waals surface area contributed by atoms with E-state index in [1.54, 1.807) is 7.05 Å². The summed E-state index contributed by atoms with van der Waals surface area (Å²) in [5.41, 5.74) is 2.96. The maximum Gasteiger partial charge on any atom is 0.176 e. The van der Waals surface area contributed by atoms with E-state index < -0.39 is 11.6 Å². The SMILES string of the molecule is Cn1nnc(CC(Cc2ccc(F)cc2F)NN)n1. The fraction of sp³-hybridized carbons (Fsp3) is 0.364. The van der Waals surface area contributed by atoms with E-state index in [0.717, 1.165) is 6.07 Å². The molecule has 3 N–H and O–H groups in total. The molecule has 0 aliphatic heterocycles. The molecule has 0 saturated carbocycles. The summed E-state index contributed by atoms with van der Waals surface area (Å²) >= 11 is 0. The zero-order valence-corrected chi connectivity index (χ0v) is 10.3. The van der Waals surface area contributed by atoms with Gasteiger partial charge in [0.2, 0.25) is 0 Å². The van der Waals surface area contributed by atoms with Crippen LogP contribution in [-0.4, -0.2) is 26.2 Å². The third-order valence-corrected chi connectivity index (χ3v) is 2.70. The lowest BCUT2D eigenvalue weighted by molar-refractivity contribution is 0.493. The van der Waals surface area contributed by atoms with Crippen LogP contribution in [0.3, 0.4) is 0 Å². The molecule has 1 unspecified atom stereocenters. The molecule has 0 aliphatic rings. The van der Waals surface area contributed by atoms with E-state index in [2.05, 4.69) is 20.8 Å². The smallest absolute Gasteiger partial charge is 0.176 e. The Hall–Kier alpha value is -1.93. The molecule has 0 aliphatic carbocycles. The third-order valence-electron chi connectivity index (χ3n) is 2.70. The Balaban J connectivity index is 2.06. The lowest BCUT2D eigenvalue weighted by atomic mass is 10.0. The first-order chi connectivity index (χ1) is 9.08. The average Bonchev–Trinajstić information content (AvgIpc) is 2.77. The van der Waals surface area contributed by atoms with Crippen LogP contribution in [0.25, 0.3) is 0 Å². The van der Waals surface area contributed by atoms with Gasteiger partial charge in [-0.25, -0.2) is 8.78 Å². The van der Waals surface area contributed by atoms with Crippen molar-refractivity contribution >= 4 is 0 Å². The van der Waals surface area contributed by atoms with Crippen molar-refractivity contribution in [2.24, 2.45) is 12.9 Å². The van der Waals surface area contributed by atoms with Crippen LogP contribution in [0.4, 0.5) is 8.78 Å². The molecular weight excluding hydrogens is 254 g/mol. The first-order valence-electron chi connectivity index (χ1n) is 5.71. The molecule has 1 heterocycles. The first-order valence-corrected chi connectivity index (χ1v) is 5.71. The normalized spacial score (nSPS) is 12.6. The van der Waals surface area contributed by atoms with E-state index >= 15 is 0 Å². The second kappa shape index (κ2) is 5.81. The summed E-state index contributed by atoms with van der Waals surface area (Å²) in [5.74, 6) is 4.74. The van der Waals surface area contributed by atoms with Gasteiger partial charge in [-0.05, 0) is 23.3 Å². The van der Waals surface area contributed by atoms with Gasteiger partial charge in [0.15, 0.2) is 5.82 Å². The van der Waals surface area contributed by atoms with Gasteiger partial charge in [-0.2, -0.15) is 4.80 Å². The molecule has 1 atom stereocenters. The summed E-state index contributed by atoms with van der Waals surface area (Å²) in [6, 6.07) is 3.21. The van der Waals surface area contributed by atoms with Crippen LogP contribution >= 0.6 is 0 Å². The maximum atomic E-state index is 13.5. The first kappa shape index (κ1) is 13.5. The minimum atomic E-state index is -0.603. The topological polar surface area (TPSA) is 81.7 Å².